The Bertz CT molecular complexity index is 1610. The third-order valence-electron chi connectivity index (χ3n) is 7.35. The van der Waals surface area contributed by atoms with Gasteiger partial charge in [0.15, 0.2) is 11.0 Å². The van der Waals surface area contributed by atoms with Crippen molar-refractivity contribution in [2.24, 2.45) is 4.99 Å². The number of ether oxygens (including phenoxy) is 1. The molecule has 1 aliphatic rings. The second kappa shape index (κ2) is 13.5. The molecule has 0 radical (unpaired) electrons. The van der Waals surface area contributed by atoms with E-state index >= 15 is 0 Å². The molecule has 2 atom stereocenters. The Labute approximate surface area is 258 Å². The molecule has 230 valence electrons. The van der Waals surface area contributed by atoms with Crippen LogP contribution in [-0.4, -0.2) is 44.1 Å². The molecule has 1 N–H and O–H groups in total. The van der Waals surface area contributed by atoms with E-state index in [1.165, 1.54) is 40.8 Å². The number of nitrogens with one attached hydrogen (secondary N) is 1. The Morgan fingerprint density at radius 1 is 1.09 bits per heavy atom. The van der Waals surface area contributed by atoms with Crippen molar-refractivity contribution < 1.29 is 22.7 Å². The number of halogens is 3. The monoisotopic (exact) mass is 622 g/mol. The molecule has 1 saturated heterocycles. The van der Waals surface area contributed by atoms with Crippen molar-refractivity contribution in [2.75, 3.05) is 10.7 Å². The highest BCUT2D eigenvalue weighted by Crippen LogP contribution is 2.32. The summed E-state index contributed by atoms with van der Waals surface area (Å²) >= 11 is 1.60. The fraction of sp³-hybridized carbons (Fsp3) is 0.312. The van der Waals surface area contributed by atoms with Crippen molar-refractivity contribution >= 4 is 28.6 Å². The van der Waals surface area contributed by atoms with Crippen LogP contribution in [0.3, 0.4) is 0 Å². The molecular formula is C32H33F3N6O2S. The molecule has 12 heteroatoms. The number of hydrogen-bond acceptors (Lipinski definition) is 5. The maximum atomic E-state index is 13.2. The Kier molecular flexibility index (Phi) is 9.58. The van der Waals surface area contributed by atoms with Crippen molar-refractivity contribution in [3.05, 3.63) is 90.3 Å². The standard InChI is InChI=1S/C32H33F3N6O2S/c1-4-22-8-6-7-9-28(22)41-21(3)18-19-44-31(41)38-30(42)37-27(5-2)23-10-12-24(13-11-23)29-36-20-40(39-29)25-14-16-26(17-15-25)43-32(33,34)35/h6-17,20-21,27H,4-5,18-19H2,1-3H3,(H,37,42)/b38-31-. The van der Waals surface area contributed by atoms with E-state index in [0.717, 1.165) is 35.4 Å². The number of nitrogens with zero attached hydrogens (tertiary/aromatic N) is 5. The highest BCUT2D eigenvalue weighted by atomic mass is 32.2. The van der Waals surface area contributed by atoms with Crippen LogP contribution >= 0.6 is 11.8 Å². The molecule has 2 unspecified atom stereocenters. The summed E-state index contributed by atoms with van der Waals surface area (Å²) in [6.07, 6.45) is -0.701. The smallest absolute Gasteiger partial charge is 0.406 e. The van der Waals surface area contributed by atoms with Gasteiger partial charge in [-0.15, -0.1) is 18.3 Å². The second-order valence-electron chi connectivity index (χ2n) is 10.3. The Hall–Kier alpha value is -4.32. The number of carbonyl (C=O) groups is 1. The highest BCUT2D eigenvalue weighted by molar-refractivity contribution is 8.14. The number of anilines is 1. The first kappa shape index (κ1) is 31.1. The van der Waals surface area contributed by atoms with Crippen molar-refractivity contribution in [2.45, 2.75) is 58.5 Å². The van der Waals surface area contributed by atoms with Crippen molar-refractivity contribution in [1.29, 1.82) is 0 Å². The number of aliphatic imine (C=N–C) groups is 1. The minimum Gasteiger partial charge on any atom is -0.406 e. The molecular weight excluding hydrogens is 589 g/mol. The lowest BCUT2D eigenvalue weighted by Crippen LogP contribution is -2.42. The molecule has 0 spiro atoms. The minimum atomic E-state index is -4.75. The highest BCUT2D eigenvalue weighted by Gasteiger charge is 2.31. The van der Waals surface area contributed by atoms with Crippen LogP contribution in [0.25, 0.3) is 17.1 Å². The molecule has 0 saturated carbocycles. The largest absolute Gasteiger partial charge is 0.573 e. The van der Waals surface area contributed by atoms with Gasteiger partial charge in [-0.05, 0) is 67.6 Å². The molecule has 1 fully saturated rings. The van der Waals surface area contributed by atoms with Crippen LogP contribution < -0.4 is 15.0 Å². The quantitative estimate of drug-likeness (QED) is 0.215. The van der Waals surface area contributed by atoms with Crippen molar-refractivity contribution in [3.8, 4) is 22.8 Å². The van der Waals surface area contributed by atoms with Gasteiger partial charge in [-0.2, -0.15) is 4.99 Å². The van der Waals surface area contributed by atoms with Gasteiger partial charge in [-0.25, -0.2) is 14.5 Å². The van der Waals surface area contributed by atoms with E-state index in [-0.39, 0.29) is 23.9 Å². The van der Waals surface area contributed by atoms with E-state index < -0.39 is 6.36 Å². The van der Waals surface area contributed by atoms with Gasteiger partial charge < -0.3 is 15.0 Å². The Balaban J connectivity index is 1.27. The van der Waals surface area contributed by atoms with Gasteiger partial charge >= 0.3 is 12.4 Å². The number of benzene rings is 3. The van der Waals surface area contributed by atoms with Gasteiger partial charge in [0.25, 0.3) is 0 Å². The van der Waals surface area contributed by atoms with E-state index in [1.807, 2.05) is 43.3 Å². The maximum absolute atomic E-state index is 13.2. The van der Waals surface area contributed by atoms with Crippen LogP contribution in [-0.2, 0) is 6.42 Å². The Morgan fingerprint density at radius 2 is 1.82 bits per heavy atom. The number of alkyl halides is 3. The fourth-order valence-corrected chi connectivity index (χ4v) is 6.26. The summed E-state index contributed by atoms with van der Waals surface area (Å²) < 4.78 is 42.7. The van der Waals surface area contributed by atoms with Crippen LogP contribution in [0.15, 0.2) is 84.1 Å². The molecule has 2 heterocycles. The van der Waals surface area contributed by atoms with Gasteiger partial charge in [0.05, 0.1) is 11.7 Å². The molecule has 1 aromatic heterocycles. The van der Waals surface area contributed by atoms with Gasteiger partial charge in [0, 0.05) is 23.0 Å². The Morgan fingerprint density at radius 3 is 2.50 bits per heavy atom. The SMILES string of the molecule is CCc1ccccc1N1/C(=N/C(=O)NC(CC)c2ccc(-c3ncn(-c4ccc(OC(F)(F)F)cc4)n3)cc2)SCCC1C. The normalized spacial score (nSPS) is 17.0. The van der Waals surface area contributed by atoms with E-state index in [9.17, 15) is 18.0 Å². The number of rotatable bonds is 8. The molecule has 8 nitrogen and oxygen atoms in total. The lowest BCUT2D eigenvalue weighted by Gasteiger charge is -2.36. The van der Waals surface area contributed by atoms with Gasteiger partial charge in [0.2, 0.25) is 0 Å². The summed E-state index contributed by atoms with van der Waals surface area (Å²) in [4.78, 5) is 24.2. The van der Waals surface area contributed by atoms with E-state index in [4.69, 9.17) is 0 Å². The van der Waals surface area contributed by atoms with Crippen LogP contribution in [0, 0.1) is 0 Å². The summed E-state index contributed by atoms with van der Waals surface area (Å²) in [5, 5.41) is 8.23. The fourth-order valence-electron chi connectivity index (χ4n) is 5.05. The third kappa shape index (κ3) is 7.42. The number of hydrogen-bond donors (Lipinski definition) is 1. The maximum Gasteiger partial charge on any atom is 0.573 e. The number of carbonyl (C=O) groups excluding carboxylic acids is 1. The summed E-state index contributed by atoms with van der Waals surface area (Å²) in [5.74, 6) is 1.04. The average Bonchev–Trinajstić information content (AvgIpc) is 3.50. The third-order valence-corrected chi connectivity index (χ3v) is 8.33. The number of amidine groups is 1. The topological polar surface area (TPSA) is 84.6 Å². The van der Waals surface area contributed by atoms with Crippen LogP contribution in [0.4, 0.5) is 23.7 Å². The van der Waals surface area contributed by atoms with Crippen LogP contribution in [0.2, 0.25) is 0 Å². The summed E-state index contributed by atoms with van der Waals surface area (Å²) in [6, 6.07) is 20.8. The second-order valence-corrected chi connectivity index (χ2v) is 11.4. The molecule has 5 rings (SSSR count). The number of amides is 2. The molecule has 44 heavy (non-hydrogen) atoms. The van der Waals surface area contributed by atoms with Crippen LogP contribution in [0.5, 0.6) is 5.75 Å². The molecule has 4 aromatic rings. The average molecular weight is 623 g/mol. The van der Waals surface area contributed by atoms with Crippen molar-refractivity contribution in [3.63, 3.8) is 0 Å². The zero-order chi connectivity index (χ0) is 31.3. The van der Waals surface area contributed by atoms with Gasteiger partial charge in [0.1, 0.15) is 12.1 Å². The molecule has 0 bridgehead atoms. The number of aromatic nitrogens is 3. The number of para-hydroxylation sites is 1. The predicted molar refractivity (Wildman–Crippen MR) is 167 cm³/mol. The van der Waals surface area contributed by atoms with E-state index in [2.05, 4.69) is 56.0 Å². The van der Waals surface area contributed by atoms with Gasteiger partial charge in [-0.1, -0.05) is 68.1 Å². The number of urea groups is 1. The summed E-state index contributed by atoms with van der Waals surface area (Å²) in [5.41, 5.74) is 4.51. The zero-order valence-electron chi connectivity index (χ0n) is 24.6. The summed E-state index contributed by atoms with van der Waals surface area (Å²) in [7, 11) is 0. The first-order chi connectivity index (χ1) is 21.1. The molecule has 0 aliphatic carbocycles. The summed E-state index contributed by atoms with van der Waals surface area (Å²) in [6.45, 7) is 6.29. The number of aryl methyl sites for hydroxylation is 1. The minimum absolute atomic E-state index is 0.227. The van der Waals surface area contributed by atoms with E-state index in [0.29, 0.717) is 23.1 Å². The zero-order valence-corrected chi connectivity index (χ0v) is 25.4. The van der Waals surface area contributed by atoms with Gasteiger partial charge in [-0.3, -0.25) is 0 Å². The molecule has 3 aromatic carbocycles. The predicted octanol–water partition coefficient (Wildman–Crippen LogP) is 7.94. The van der Waals surface area contributed by atoms with Crippen molar-refractivity contribution in [1.82, 2.24) is 20.1 Å². The first-order valence-electron chi connectivity index (χ1n) is 14.4. The molecule has 2 amide bonds. The van der Waals surface area contributed by atoms with E-state index in [1.54, 1.807) is 11.8 Å². The first-order valence-corrected chi connectivity index (χ1v) is 15.4. The lowest BCUT2D eigenvalue weighted by molar-refractivity contribution is -0.274. The number of thioether (sulfide) groups is 1. The van der Waals surface area contributed by atoms with Crippen LogP contribution in [0.1, 0.15) is 50.8 Å². The molecule has 1 aliphatic heterocycles. The lowest BCUT2D eigenvalue weighted by atomic mass is 10.0.